The standard InChI is InChI=1S/C22H26N4O/c1-3-6-20-25-19-11-17(9-14(2)21(19)26-20)22(27)24-13-18-10-15-7-4-5-8-16(15)12-23-18/h4-5,7-9,11,18,23H,3,6,10,12-13H2,1-2H3,(H,24,27)(H,25,26). The van der Waals surface area contributed by atoms with Crippen molar-refractivity contribution in [2.75, 3.05) is 6.54 Å². The predicted molar refractivity (Wildman–Crippen MR) is 108 cm³/mol. The van der Waals surface area contributed by atoms with Gasteiger partial charge in [-0.25, -0.2) is 4.98 Å². The van der Waals surface area contributed by atoms with Gasteiger partial charge in [-0.05, 0) is 48.6 Å². The molecular weight excluding hydrogens is 336 g/mol. The first-order valence-corrected chi connectivity index (χ1v) is 9.71. The molecule has 4 rings (SSSR count). The minimum absolute atomic E-state index is 0.0349. The molecule has 0 bridgehead atoms. The van der Waals surface area contributed by atoms with Gasteiger partial charge in [-0.15, -0.1) is 0 Å². The van der Waals surface area contributed by atoms with Crippen LogP contribution in [0.1, 0.15) is 46.2 Å². The van der Waals surface area contributed by atoms with E-state index in [0.717, 1.165) is 48.2 Å². The van der Waals surface area contributed by atoms with Crippen LogP contribution in [0.3, 0.4) is 0 Å². The van der Waals surface area contributed by atoms with Crippen molar-refractivity contribution in [3.63, 3.8) is 0 Å². The second-order valence-corrected chi connectivity index (χ2v) is 7.38. The van der Waals surface area contributed by atoms with E-state index in [0.29, 0.717) is 12.1 Å². The van der Waals surface area contributed by atoms with E-state index in [4.69, 9.17) is 0 Å². The molecule has 1 aliphatic heterocycles. The van der Waals surface area contributed by atoms with Crippen LogP contribution in [-0.2, 0) is 19.4 Å². The maximum absolute atomic E-state index is 12.7. The summed E-state index contributed by atoms with van der Waals surface area (Å²) in [4.78, 5) is 20.7. The van der Waals surface area contributed by atoms with Gasteiger partial charge in [0.25, 0.3) is 5.91 Å². The average molecular weight is 362 g/mol. The van der Waals surface area contributed by atoms with Crippen LogP contribution in [0.5, 0.6) is 0 Å². The predicted octanol–water partition coefficient (Wildman–Crippen LogP) is 3.27. The first-order valence-electron chi connectivity index (χ1n) is 9.71. The maximum Gasteiger partial charge on any atom is 0.251 e. The van der Waals surface area contributed by atoms with E-state index in [-0.39, 0.29) is 11.9 Å². The van der Waals surface area contributed by atoms with Crippen LogP contribution in [0, 0.1) is 6.92 Å². The van der Waals surface area contributed by atoms with Gasteiger partial charge in [0.2, 0.25) is 0 Å². The summed E-state index contributed by atoms with van der Waals surface area (Å²) >= 11 is 0. The van der Waals surface area contributed by atoms with Crippen molar-refractivity contribution in [3.05, 3.63) is 64.5 Å². The highest BCUT2D eigenvalue weighted by Gasteiger charge is 2.19. The third-order valence-electron chi connectivity index (χ3n) is 5.25. The van der Waals surface area contributed by atoms with Gasteiger partial charge < -0.3 is 15.6 Å². The van der Waals surface area contributed by atoms with Crippen molar-refractivity contribution in [3.8, 4) is 0 Å². The van der Waals surface area contributed by atoms with Crippen LogP contribution in [-0.4, -0.2) is 28.5 Å². The normalized spacial score (nSPS) is 16.3. The largest absolute Gasteiger partial charge is 0.350 e. The SMILES string of the molecule is CCCc1nc2c(C)cc(C(=O)NCC3Cc4ccccc4CN3)cc2[nH]1. The van der Waals surface area contributed by atoms with E-state index < -0.39 is 0 Å². The van der Waals surface area contributed by atoms with Crippen LogP contribution in [0.25, 0.3) is 11.0 Å². The number of fused-ring (bicyclic) bond motifs is 2. The lowest BCUT2D eigenvalue weighted by molar-refractivity contribution is 0.0949. The summed E-state index contributed by atoms with van der Waals surface area (Å²) in [5.74, 6) is 0.950. The first kappa shape index (κ1) is 17.7. The van der Waals surface area contributed by atoms with E-state index >= 15 is 0 Å². The number of aryl methyl sites for hydroxylation is 2. The number of amides is 1. The van der Waals surface area contributed by atoms with Crippen LogP contribution in [0.15, 0.2) is 36.4 Å². The van der Waals surface area contributed by atoms with Crippen LogP contribution < -0.4 is 10.6 Å². The van der Waals surface area contributed by atoms with Crippen molar-refractivity contribution in [1.29, 1.82) is 0 Å². The fraction of sp³-hybridized carbons (Fsp3) is 0.364. The Bertz CT molecular complexity index is 976. The quantitative estimate of drug-likeness (QED) is 0.652. The molecule has 0 fully saturated rings. The highest BCUT2D eigenvalue weighted by Crippen LogP contribution is 2.20. The van der Waals surface area contributed by atoms with Gasteiger partial charge in [0.05, 0.1) is 11.0 Å². The number of imidazole rings is 1. The summed E-state index contributed by atoms with van der Waals surface area (Å²) < 4.78 is 0. The molecule has 1 aliphatic rings. The van der Waals surface area contributed by atoms with E-state index in [1.807, 2.05) is 19.1 Å². The van der Waals surface area contributed by atoms with E-state index in [1.165, 1.54) is 11.1 Å². The fourth-order valence-corrected chi connectivity index (χ4v) is 3.81. The van der Waals surface area contributed by atoms with E-state index in [1.54, 1.807) is 0 Å². The van der Waals surface area contributed by atoms with Crippen molar-refractivity contribution >= 4 is 16.9 Å². The molecule has 5 nitrogen and oxygen atoms in total. The number of nitrogens with zero attached hydrogens (tertiary/aromatic N) is 1. The average Bonchev–Trinajstić information content (AvgIpc) is 3.09. The number of nitrogens with one attached hydrogen (secondary N) is 3. The molecule has 2 aromatic carbocycles. The van der Waals surface area contributed by atoms with Gasteiger partial charge >= 0.3 is 0 Å². The van der Waals surface area contributed by atoms with Gasteiger partial charge in [-0.1, -0.05) is 31.2 Å². The minimum atomic E-state index is -0.0349. The monoisotopic (exact) mass is 362 g/mol. The second-order valence-electron chi connectivity index (χ2n) is 7.38. The lowest BCUT2D eigenvalue weighted by Gasteiger charge is -2.26. The molecule has 0 aliphatic carbocycles. The number of carbonyl (C=O) groups excluding carboxylic acids is 1. The van der Waals surface area contributed by atoms with Crippen LogP contribution in [0.4, 0.5) is 0 Å². The van der Waals surface area contributed by atoms with Gasteiger partial charge in [0, 0.05) is 31.1 Å². The summed E-state index contributed by atoms with van der Waals surface area (Å²) in [7, 11) is 0. The zero-order chi connectivity index (χ0) is 18.8. The Balaban J connectivity index is 1.44. The number of aromatic nitrogens is 2. The minimum Gasteiger partial charge on any atom is -0.350 e. The third kappa shape index (κ3) is 3.74. The summed E-state index contributed by atoms with van der Waals surface area (Å²) in [6.07, 6.45) is 2.91. The van der Waals surface area contributed by atoms with Gasteiger partial charge in [0.1, 0.15) is 5.82 Å². The molecule has 1 atom stereocenters. The lowest BCUT2D eigenvalue weighted by Crippen LogP contribution is -2.44. The Morgan fingerprint density at radius 3 is 2.89 bits per heavy atom. The van der Waals surface area contributed by atoms with Crippen molar-refractivity contribution < 1.29 is 4.79 Å². The van der Waals surface area contributed by atoms with Gasteiger partial charge in [-0.2, -0.15) is 0 Å². The molecular formula is C22H26N4O. The zero-order valence-corrected chi connectivity index (χ0v) is 15.9. The molecule has 1 unspecified atom stereocenters. The second kappa shape index (κ2) is 7.53. The van der Waals surface area contributed by atoms with Gasteiger partial charge in [0.15, 0.2) is 0 Å². The molecule has 0 spiro atoms. The number of hydrogen-bond donors (Lipinski definition) is 3. The molecule has 1 amide bonds. The first-order chi connectivity index (χ1) is 13.1. The lowest BCUT2D eigenvalue weighted by atomic mass is 9.96. The Labute approximate surface area is 159 Å². The van der Waals surface area contributed by atoms with Crippen molar-refractivity contribution in [2.45, 2.75) is 45.7 Å². The maximum atomic E-state index is 12.7. The highest BCUT2D eigenvalue weighted by atomic mass is 16.1. The topological polar surface area (TPSA) is 69.8 Å². The Morgan fingerprint density at radius 1 is 1.26 bits per heavy atom. The van der Waals surface area contributed by atoms with Gasteiger partial charge in [-0.3, -0.25) is 4.79 Å². The Kier molecular flexibility index (Phi) is 4.94. The zero-order valence-electron chi connectivity index (χ0n) is 15.9. The molecule has 27 heavy (non-hydrogen) atoms. The van der Waals surface area contributed by atoms with Crippen LogP contribution >= 0.6 is 0 Å². The Hall–Kier alpha value is -2.66. The molecule has 3 aromatic rings. The van der Waals surface area contributed by atoms with Crippen molar-refractivity contribution in [1.82, 2.24) is 20.6 Å². The smallest absolute Gasteiger partial charge is 0.251 e. The summed E-state index contributed by atoms with van der Waals surface area (Å²) in [6.45, 7) is 5.62. The number of H-pyrrole nitrogens is 1. The molecule has 1 aromatic heterocycles. The van der Waals surface area contributed by atoms with Crippen LogP contribution in [0.2, 0.25) is 0 Å². The highest BCUT2D eigenvalue weighted by molar-refractivity contribution is 5.98. The molecule has 2 heterocycles. The summed E-state index contributed by atoms with van der Waals surface area (Å²) in [5.41, 5.74) is 6.33. The van der Waals surface area contributed by atoms with E-state index in [9.17, 15) is 4.79 Å². The number of carbonyl (C=O) groups is 1. The number of rotatable bonds is 5. The number of hydrogen-bond acceptors (Lipinski definition) is 3. The third-order valence-corrected chi connectivity index (χ3v) is 5.25. The molecule has 5 heteroatoms. The number of aromatic amines is 1. The van der Waals surface area contributed by atoms with E-state index in [2.05, 4.69) is 51.8 Å². The van der Waals surface area contributed by atoms with Crippen molar-refractivity contribution in [2.24, 2.45) is 0 Å². The molecule has 0 saturated carbocycles. The number of benzene rings is 2. The fourth-order valence-electron chi connectivity index (χ4n) is 3.81. The summed E-state index contributed by atoms with van der Waals surface area (Å²) in [6, 6.07) is 12.6. The summed E-state index contributed by atoms with van der Waals surface area (Å²) in [5, 5.41) is 6.60. The molecule has 0 saturated heterocycles. The Morgan fingerprint density at radius 2 is 2.07 bits per heavy atom. The molecule has 3 N–H and O–H groups in total. The molecule has 0 radical (unpaired) electrons. The molecule has 140 valence electrons.